The Hall–Kier alpha value is -2.84. The first-order chi connectivity index (χ1) is 15.7. The topological polar surface area (TPSA) is 87.7 Å². The molecular formula is C25H31N3O4S. The van der Waals surface area contributed by atoms with Crippen LogP contribution in [0.1, 0.15) is 22.3 Å². The summed E-state index contributed by atoms with van der Waals surface area (Å²) in [6.45, 7) is 8.98. The molecule has 0 unspecified atom stereocenters. The van der Waals surface area contributed by atoms with E-state index in [2.05, 4.69) is 10.6 Å². The number of rotatable bonds is 7. The van der Waals surface area contributed by atoms with Gasteiger partial charge in [0.2, 0.25) is 5.91 Å². The molecule has 2 aromatic rings. The van der Waals surface area contributed by atoms with Crippen molar-refractivity contribution in [2.75, 3.05) is 42.6 Å². The van der Waals surface area contributed by atoms with Crippen LogP contribution < -0.4 is 10.6 Å². The Kier molecular flexibility index (Phi) is 8.52. The van der Waals surface area contributed by atoms with E-state index in [1.165, 1.54) is 17.3 Å². The summed E-state index contributed by atoms with van der Waals surface area (Å²) in [7, 11) is 0. The zero-order chi connectivity index (χ0) is 24.0. The summed E-state index contributed by atoms with van der Waals surface area (Å²) in [5.74, 6) is -0.220. The Labute approximate surface area is 199 Å². The van der Waals surface area contributed by atoms with Crippen LogP contribution in [0.3, 0.4) is 0 Å². The van der Waals surface area contributed by atoms with E-state index in [4.69, 9.17) is 4.74 Å². The molecule has 1 fully saturated rings. The van der Waals surface area contributed by atoms with Crippen LogP contribution in [0.2, 0.25) is 0 Å². The lowest BCUT2D eigenvalue weighted by Gasteiger charge is -2.30. The number of aryl methyl sites for hydroxylation is 4. The number of esters is 1. The molecule has 1 saturated heterocycles. The van der Waals surface area contributed by atoms with Crippen molar-refractivity contribution in [3.8, 4) is 0 Å². The highest BCUT2D eigenvalue weighted by molar-refractivity contribution is 8.00. The Balaban J connectivity index is 1.44. The van der Waals surface area contributed by atoms with Gasteiger partial charge in [0.25, 0.3) is 5.91 Å². The SMILES string of the molecule is Cc1ccc(NC(=O)COC(=O)[C@H]2CN(CC(=O)Nc3ccc(C)c(C)c3)CCS2)cc1C. The molecule has 0 bridgehead atoms. The van der Waals surface area contributed by atoms with Crippen LogP contribution >= 0.6 is 11.8 Å². The molecule has 33 heavy (non-hydrogen) atoms. The van der Waals surface area contributed by atoms with Crippen molar-refractivity contribution in [3.63, 3.8) is 0 Å². The lowest BCUT2D eigenvalue weighted by Crippen LogP contribution is -2.45. The van der Waals surface area contributed by atoms with Crippen molar-refractivity contribution < 1.29 is 19.1 Å². The molecule has 1 atom stereocenters. The first kappa shape index (κ1) is 24.8. The lowest BCUT2D eigenvalue weighted by atomic mass is 10.1. The zero-order valence-electron chi connectivity index (χ0n) is 19.6. The summed E-state index contributed by atoms with van der Waals surface area (Å²) in [5, 5.41) is 5.23. The maximum Gasteiger partial charge on any atom is 0.320 e. The Morgan fingerprint density at radius 3 is 2.06 bits per heavy atom. The number of carbonyl (C=O) groups is 3. The van der Waals surface area contributed by atoms with E-state index in [1.807, 2.05) is 69.0 Å². The molecule has 0 saturated carbocycles. The van der Waals surface area contributed by atoms with Crippen molar-refractivity contribution in [1.82, 2.24) is 4.90 Å². The number of benzene rings is 2. The monoisotopic (exact) mass is 469 g/mol. The highest BCUT2D eigenvalue weighted by Crippen LogP contribution is 2.20. The van der Waals surface area contributed by atoms with Gasteiger partial charge in [-0.1, -0.05) is 12.1 Å². The molecule has 2 aromatic carbocycles. The Bertz CT molecular complexity index is 1040. The van der Waals surface area contributed by atoms with Crippen molar-refractivity contribution in [3.05, 3.63) is 58.7 Å². The predicted molar refractivity (Wildman–Crippen MR) is 133 cm³/mol. The van der Waals surface area contributed by atoms with Crippen molar-refractivity contribution in [2.24, 2.45) is 0 Å². The molecule has 0 spiro atoms. The number of hydrogen-bond donors (Lipinski definition) is 2. The van der Waals surface area contributed by atoms with Gasteiger partial charge < -0.3 is 15.4 Å². The number of carbonyl (C=O) groups excluding carboxylic acids is 3. The Morgan fingerprint density at radius 1 is 0.909 bits per heavy atom. The zero-order valence-corrected chi connectivity index (χ0v) is 20.4. The van der Waals surface area contributed by atoms with Gasteiger partial charge in [-0.3, -0.25) is 19.3 Å². The second-order valence-corrected chi connectivity index (χ2v) is 9.71. The van der Waals surface area contributed by atoms with Crippen LogP contribution in [0.5, 0.6) is 0 Å². The number of amides is 2. The molecule has 2 amide bonds. The fourth-order valence-electron chi connectivity index (χ4n) is 3.46. The molecule has 3 rings (SSSR count). The molecule has 8 heteroatoms. The summed E-state index contributed by atoms with van der Waals surface area (Å²) in [6, 6.07) is 11.4. The van der Waals surface area contributed by atoms with E-state index in [1.54, 1.807) is 0 Å². The van der Waals surface area contributed by atoms with E-state index in [0.29, 0.717) is 24.5 Å². The Morgan fingerprint density at radius 2 is 1.48 bits per heavy atom. The van der Waals surface area contributed by atoms with Crippen LogP contribution in [0, 0.1) is 27.7 Å². The smallest absolute Gasteiger partial charge is 0.320 e. The first-order valence-corrected chi connectivity index (χ1v) is 12.0. The molecule has 2 N–H and O–H groups in total. The molecule has 0 radical (unpaired) electrons. The highest BCUT2D eigenvalue weighted by atomic mass is 32.2. The third-order valence-corrected chi connectivity index (χ3v) is 6.87. The molecule has 0 aromatic heterocycles. The van der Waals surface area contributed by atoms with E-state index in [0.717, 1.165) is 22.4 Å². The van der Waals surface area contributed by atoms with Crippen molar-refractivity contribution >= 4 is 40.9 Å². The average Bonchev–Trinajstić information content (AvgIpc) is 2.77. The van der Waals surface area contributed by atoms with Gasteiger partial charge >= 0.3 is 5.97 Å². The van der Waals surface area contributed by atoms with Gasteiger partial charge in [0, 0.05) is 30.2 Å². The van der Waals surface area contributed by atoms with Crippen LogP contribution in [0.15, 0.2) is 36.4 Å². The minimum Gasteiger partial charge on any atom is -0.455 e. The molecule has 176 valence electrons. The van der Waals surface area contributed by atoms with E-state index in [9.17, 15) is 14.4 Å². The van der Waals surface area contributed by atoms with Gasteiger partial charge in [0.05, 0.1) is 6.54 Å². The maximum absolute atomic E-state index is 12.5. The second kappa shape index (κ2) is 11.3. The minimum absolute atomic E-state index is 0.120. The van der Waals surface area contributed by atoms with Gasteiger partial charge in [-0.2, -0.15) is 0 Å². The van der Waals surface area contributed by atoms with Gasteiger partial charge in [0.1, 0.15) is 5.25 Å². The fraction of sp³-hybridized carbons (Fsp3) is 0.400. The van der Waals surface area contributed by atoms with Crippen LogP contribution in [0.25, 0.3) is 0 Å². The summed E-state index contributed by atoms with van der Waals surface area (Å²) >= 11 is 1.49. The molecule has 0 aliphatic carbocycles. The number of nitrogens with one attached hydrogen (secondary N) is 2. The minimum atomic E-state index is -0.436. The summed E-state index contributed by atoms with van der Waals surface area (Å²) in [4.78, 5) is 39.1. The van der Waals surface area contributed by atoms with Gasteiger partial charge in [-0.15, -0.1) is 11.8 Å². The highest BCUT2D eigenvalue weighted by Gasteiger charge is 2.29. The largest absolute Gasteiger partial charge is 0.455 e. The third-order valence-electron chi connectivity index (χ3n) is 5.71. The van der Waals surface area contributed by atoms with Crippen LogP contribution in [-0.2, 0) is 19.1 Å². The fourth-order valence-corrected chi connectivity index (χ4v) is 4.63. The average molecular weight is 470 g/mol. The van der Waals surface area contributed by atoms with E-state index >= 15 is 0 Å². The molecule has 1 heterocycles. The molecule has 7 nitrogen and oxygen atoms in total. The summed E-state index contributed by atoms with van der Waals surface area (Å²) in [6.07, 6.45) is 0. The molecule has 1 aliphatic rings. The van der Waals surface area contributed by atoms with E-state index in [-0.39, 0.29) is 25.0 Å². The quantitative estimate of drug-likeness (QED) is 0.604. The standard InChI is InChI=1S/C25H31N3O4S/c1-16-5-7-20(11-18(16)3)26-23(29)14-28-9-10-33-22(13-28)25(31)32-15-24(30)27-21-8-6-17(2)19(4)12-21/h5-8,11-12,22H,9-10,13-15H2,1-4H3,(H,26,29)(H,27,30)/t22-/m1/s1. The number of nitrogens with zero attached hydrogens (tertiary/aromatic N) is 1. The number of thioether (sulfide) groups is 1. The summed E-state index contributed by atoms with van der Waals surface area (Å²) < 4.78 is 5.24. The van der Waals surface area contributed by atoms with Gasteiger partial charge in [-0.25, -0.2) is 0 Å². The molecule has 1 aliphatic heterocycles. The predicted octanol–water partition coefficient (Wildman–Crippen LogP) is 3.46. The van der Waals surface area contributed by atoms with Gasteiger partial charge in [-0.05, 0) is 74.2 Å². The van der Waals surface area contributed by atoms with Crippen LogP contribution in [-0.4, -0.2) is 59.9 Å². The maximum atomic E-state index is 12.5. The van der Waals surface area contributed by atoms with Crippen molar-refractivity contribution in [1.29, 1.82) is 0 Å². The number of hydrogen-bond acceptors (Lipinski definition) is 6. The van der Waals surface area contributed by atoms with E-state index < -0.39 is 11.2 Å². The second-order valence-electron chi connectivity index (χ2n) is 8.40. The normalized spacial score (nSPS) is 16.2. The number of anilines is 2. The summed E-state index contributed by atoms with van der Waals surface area (Å²) in [5.41, 5.74) is 5.94. The number of ether oxygens (including phenoxy) is 1. The van der Waals surface area contributed by atoms with Crippen molar-refractivity contribution in [2.45, 2.75) is 32.9 Å². The van der Waals surface area contributed by atoms with Crippen LogP contribution in [0.4, 0.5) is 11.4 Å². The third kappa shape index (κ3) is 7.33. The van der Waals surface area contributed by atoms with Gasteiger partial charge in [0.15, 0.2) is 6.61 Å². The molecular weight excluding hydrogens is 438 g/mol. The first-order valence-electron chi connectivity index (χ1n) is 11.0. The lowest BCUT2D eigenvalue weighted by molar-refractivity contribution is -0.147.